The average Bonchev–Trinajstić information content (AvgIpc) is 3.35. The first-order valence-corrected chi connectivity index (χ1v) is 11.3. The number of hydrogen-bond donors (Lipinski definition) is 0. The average molecular weight is 410 g/mol. The minimum absolute atomic E-state index is 0. The summed E-state index contributed by atoms with van der Waals surface area (Å²) in [6.45, 7) is 4.54. The van der Waals surface area contributed by atoms with Gasteiger partial charge in [-0.05, 0) is 0 Å². The third-order valence-electron chi connectivity index (χ3n) is 5.10. The molecule has 0 spiro atoms. The first-order chi connectivity index (χ1) is 12.9. The molecule has 1 heteroatoms. The van der Waals surface area contributed by atoms with Crippen molar-refractivity contribution in [3.8, 4) is 0 Å². The van der Waals surface area contributed by atoms with Gasteiger partial charge in [0.2, 0.25) is 0 Å². The summed E-state index contributed by atoms with van der Waals surface area (Å²) >= 11 is 0. The second-order valence-electron chi connectivity index (χ2n) is 7.62. The van der Waals surface area contributed by atoms with E-state index in [1.165, 1.54) is 101 Å². The molecule has 0 fully saturated rings. The van der Waals surface area contributed by atoms with Crippen LogP contribution >= 0.6 is 0 Å². The summed E-state index contributed by atoms with van der Waals surface area (Å²) in [4.78, 5) is 0. The molecule has 2 rings (SSSR count). The first-order valence-electron chi connectivity index (χ1n) is 11.3. The van der Waals surface area contributed by atoms with Crippen molar-refractivity contribution in [1.29, 1.82) is 0 Å². The zero-order valence-corrected chi connectivity index (χ0v) is 19.1. The maximum Gasteiger partial charge on any atom is 2.00 e. The van der Waals surface area contributed by atoms with Crippen LogP contribution in [0, 0.1) is 0 Å². The van der Waals surface area contributed by atoms with Gasteiger partial charge >= 0.3 is 17.1 Å². The quantitative estimate of drug-likeness (QED) is 0.166. The Morgan fingerprint density at radius 1 is 0.556 bits per heavy atom. The van der Waals surface area contributed by atoms with Gasteiger partial charge in [0, 0.05) is 0 Å². The Morgan fingerprint density at radius 3 is 1.26 bits per heavy atom. The summed E-state index contributed by atoms with van der Waals surface area (Å²) < 4.78 is 0. The van der Waals surface area contributed by atoms with E-state index in [9.17, 15) is 0 Å². The predicted octanol–water partition coefficient (Wildman–Crippen LogP) is 8.61. The first kappa shape index (κ1) is 26.2. The topological polar surface area (TPSA) is 0 Å². The molecule has 0 saturated carbocycles. The molecular formula is C26H42Mn. The maximum absolute atomic E-state index is 2.27. The van der Waals surface area contributed by atoms with E-state index in [1.807, 2.05) is 0 Å². The zero-order chi connectivity index (χ0) is 18.7. The van der Waals surface area contributed by atoms with Crippen molar-refractivity contribution in [3.63, 3.8) is 0 Å². The van der Waals surface area contributed by atoms with Crippen LogP contribution < -0.4 is 0 Å². The molecule has 0 aliphatic rings. The number of hydrogen-bond acceptors (Lipinski definition) is 0. The van der Waals surface area contributed by atoms with Crippen LogP contribution in [0.1, 0.15) is 102 Å². The molecule has 0 unspecified atom stereocenters. The standard InChI is InChI=1S/2C13H21.Mn/c2*1-2-3-4-5-6-7-10-13-11-8-9-12-13;/h2*8-9,11-12H,2-7,10H2,1H3;/q2*-1;+2. The summed E-state index contributed by atoms with van der Waals surface area (Å²) in [6, 6.07) is 17.4. The molecule has 0 aliphatic heterocycles. The molecule has 0 heterocycles. The van der Waals surface area contributed by atoms with Crippen LogP contribution in [0.3, 0.4) is 0 Å². The van der Waals surface area contributed by atoms with Crippen molar-refractivity contribution in [2.45, 2.75) is 104 Å². The van der Waals surface area contributed by atoms with Crippen molar-refractivity contribution < 1.29 is 17.1 Å². The Balaban J connectivity index is 0.000000483. The van der Waals surface area contributed by atoms with Gasteiger partial charge in [-0.25, -0.2) is 24.3 Å². The Labute approximate surface area is 180 Å². The summed E-state index contributed by atoms with van der Waals surface area (Å²) in [5.41, 5.74) is 3.02. The Hall–Kier alpha value is -0.781. The van der Waals surface area contributed by atoms with E-state index >= 15 is 0 Å². The Kier molecular flexibility index (Phi) is 19.4. The molecule has 0 amide bonds. The minimum atomic E-state index is 0. The van der Waals surface area contributed by atoms with Gasteiger partial charge in [-0.1, -0.05) is 104 Å². The van der Waals surface area contributed by atoms with Crippen LogP contribution in [-0.2, 0) is 29.9 Å². The van der Waals surface area contributed by atoms with Crippen molar-refractivity contribution in [2.75, 3.05) is 0 Å². The molecule has 0 N–H and O–H groups in total. The third-order valence-corrected chi connectivity index (χ3v) is 5.10. The number of aryl methyl sites for hydroxylation is 2. The molecule has 0 aliphatic carbocycles. The summed E-state index contributed by atoms with van der Waals surface area (Å²) in [7, 11) is 0. The van der Waals surface area contributed by atoms with Gasteiger partial charge in [-0.15, -0.1) is 0 Å². The molecule has 153 valence electrons. The normalized spacial score (nSPS) is 10.1. The summed E-state index contributed by atoms with van der Waals surface area (Å²) in [6.07, 6.45) is 19.3. The zero-order valence-electron chi connectivity index (χ0n) is 17.9. The molecule has 2 aromatic carbocycles. The molecule has 0 nitrogen and oxygen atoms in total. The fourth-order valence-electron chi connectivity index (χ4n) is 3.38. The van der Waals surface area contributed by atoms with E-state index in [1.54, 1.807) is 0 Å². The maximum atomic E-state index is 2.27. The van der Waals surface area contributed by atoms with Crippen LogP contribution in [-0.4, -0.2) is 0 Å². The fourth-order valence-corrected chi connectivity index (χ4v) is 3.38. The van der Waals surface area contributed by atoms with Crippen LogP contribution in [0.15, 0.2) is 48.5 Å². The molecule has 2 aromatic rings. The van der Waals surface area contributed by atoms with E-state index in [0.29, 0.717) is 0 Å². The fraction of sp³-hybridized carbons (Fsp3) is 0.615. The van der Waals surface area contributed by atoms with E-state index < -0.39 is 0 Å². The third kappa shape index (κ3) is 15.9. The van der Waals surface area contributed by atoms with Crippen LogP contribution in [0.4, 0.5) is 0 Å². The van der Waals surface area contributed by atoms with Gasteiger partial charge in [-0.3, -0.25) is 0 Å². The molecule has 0 bridgehead atoms. The second-order valence-corrected chi connectivity index (χ2v) is 7.62. The van der Waals surface area contributed by atoms with Crippen molar-refractivity contribution in [3.05, 3.63) is 59.7 Å². The van der Waals surface area contributed by atoms with Crippen LogP contribution in [0.25, 0.3) is 0 Å². The van der Waals surface area contributed by atoms with E-state index in [4.69, 9.17) is 0 Å². The molecule has 0 saturated heterocycles. The van der Waals surface area contributed by atoms with Crippen LogP contribution in [0.2, 0.25) is 0 Å². The van der Waals surface area contributed by atoms with E-state index in [0.717, 1.165) is 0 Å². The SMILES string of the molecule is CCCCCCCCc1ccc[cH-]1.CCCCCCCCc1ccc[cH-]1.[Mn+2]. The van der Waals surface area contributed by atoms with Gasteiger partial charge in [0.15, 0.2) is 0 Å². The smallest absolute Gasteiger partial charge is 0.213 e. The molecule has 0 aromatic heterocycles. The summed E-state index contributed by atoms with van der Waals surface area (Å²) in [5.74, 6) is 0. The molecule has 27 heavy (non-hydrogen) atoms. The number of rotatable bonds is 14. The van der Waals surface area contributed by atoms with Gasteiger partial charge in [0.05, 0.1) is 0 Å². The van der Waals surface area contributed by atoms with E-state index in [2.05, 4.69) is 62.4 Å². The monoisotopic (exact) mass is 409 g/mol. The minimum Gasteiger partial charge on any atom is -0.213 e. The van der Waals surface area contributed by atoms with Crippen LogP contribution in [0.5, 0.6) is 0 Å². The van der Waals surface area contributed by atoms with Crippen molar-refractivity contribution in [2.24, 2.45) is 0 Å². The second kappa shape index (κ2) is 20.0. The van der Waals surface area contributed by atoms with E-state index in [-0.39, 0.29) is 17.1 Å². The Morgan fingerprint density at radius 2 is 0.926 bits per heavy atom. The summed E-state index contributed by atoms with van der Waals surface area (Å²) in [5, 5.41) is 0. The van der Waals surface area contributed by atoms with Crippen molar-refractivity contribution >= 4 is 0 Å². The Bertz CT molecular complexity index is 420. The van der Waals surface area contributed by atoms with Gasteiger partial charge in [0.1, 0.15) is 0 Å². The molecular weight excluding hydrogens is 367 g/mol. The molecule has 1 radical (unpaired) electrons. The largest absolute Gasteiger partial charge is 2.00 e. The predicted molar refractivity (Wildman–Crippen MR) is 118 cm³/mol. The number of unbranched alkanes of at least 4 members (excludes halogenated alkanes) is 10. The van der Waals surface area contributed by atoms with Gasteiger partial charge < -0.3 is 0 Å². The van der Waals surface area contributed by atoms with Crippen molar-refractivity contribution in [1.82, 2.24) is 0 Å². The van der Waals surface area contributed by atoms with Gasteiger partial charge in [0.25, 0.3) is 0 Å². The van der Waals surface area contributed by atoms with Gasteiger partial charge in [-0.2, -0.15) is 35.4 Å². The molecule has 0 atom stereocenters.